The monoisotopic (exact) mass is 236 g/mol. The summed E-state index contributed by atoms with van der Waals surface area (Å²) in [7, 11) is 0. The van der Waals surface area contributed by atoms with Crippen LogP contribution in [0, 0.1) is 5.82 Å². The summed E-state index contributed by atoms with van der Waals surface area (Å²) in [4.78, 5) is 27.9. The lowest BCUT2D eigenvalue weighted by molar-refractivity contribution is 0.566. The Morgan fingerprint density at radius 3 is 2.94 bits per heavy atom. The van der Waals surface area contributed by atoms with Crippen LogP contribution in [0.4, 0.5) is 10.2 Å². The van der Waals surface area contributed by atoms with Crippen LogP contribution in [0.3, 0.4) is 0 Å². The van der Waals surface area contributed by atoms with Gasteiger partial charge in [-0.05, 0) is 6.07 Å². The minimum Gasteiger partial charge on any atom is -0.383 e. The zero-order chi connectivity index (χ0) is 12.4. The van der Waals surface area contributed by atoms with Crippen LogP contribution < -0.4 is 17.0 Å². The van der Waals surface area contributed by atoms with Gasteiger partial charge in [0.05, 0.1) is 12.7 Å². The molecule has 0 aliphatic rings. The third-order valence-electron chi connectivity index (χ3n) is 2.23. The number of nitrogen functional groups attached to an aromatic ring is 1. The lowest BCUT2D eigenvalue weighted by atomic mass is 10.2. The van der Waals surface area contributed by atoms with E-state index in [0.717, 1.165) is 10.8 Å². The molecule has 17 heavy (non-hydrogen) atoms. The minimum absolute atomic E-state index is 0.0478. The van der Waals surface area contributed by atoms with Crippen molar-refractivity contribution < 1.29 is 4.39 Å². The molecule has 88 valence electrons. The summed E-state index contributed by atoms with van der Waals surface area (Å²) in [5.74, 6) is -0.766. The summed E-state index contributed by atoms with van der Waals surface area (Å²) >= 11 is 0. The fourth-order valence-electron chi connectivity index (χ4n) is 1.37. The Morgan fingerprint density at radius 2 is 2.24 bits per heavy atom. The summed E-state index contributed by atoms with van der Waals surface area (Å²) in [6.45, 7) is 0.0478. The first kappa shape index (κ1) is 11.1. The van der Waals surface area contributed by atoms with E-state index in [9.17, 15) is 14.0 Å². The van der Waals surface area contributed by atoms with E-state index in [0.29, 0.717) is 5.56 Å². The maximum Gasteiger partial charge on any atom is 0.328 e. The van der Waals surface area contributed by atoms with E-state index >= 15 is 0 Å². The van der Waals surface area contributed by atoms with Crippen LogP contribution in [0.15, 0.2) is 34.1 Å². The predicted octanol–water partition coefficient (Wildman–Crippen LogP) is -0.299. The zero-order valence-electron chi connectivity index (χ0n) is 8.68. The van der Waals surface area contributed by atoms with Crippen molar-refractivity contribution in [3.8, 4) is 0 Å². The molecule has 3 N–H and O–H groups in total. The van der Waals surface area contributed by atoms with Gasteiger partial charge in [0.1, 0.15) is 5.82 Å². The first-order valence-electron chi connectivity index (χ1n) is 4.76. The first-order chi connectivity index (χ1) is 8.08. The number of halogens is 1. The molecular formula is C10H9FN4O2. The SMILES string of the molecule is Nc1ncccc1Cn1cc(F)c(=O)[nH]c1=O. The van der Waals surface area contributed by atoms with E-state index in [1.807, 2.05) is 4.98 Å². The van der Waals surface area contributed by atoms with Crippen molar-refractivity contribution in [2.75, 3.05) is 5.73 Å². The number of rotatable bonds is 2. The lowest BCUT2D eigenvalue weighted by Crippen LogP contribution is -2.31. The third kappa shape index (κ3) is 2.22. The molecule has 0 saturated carbocycles. The van der Waals surface area contributed by atoms with Crippen LogP contribution >= 0.6 is 0 Å². The molecule has 2 heterocycles. The van der Waals surface area contributed by atoms with Crippen molar-refractivity contribution in [1.82, 2.24) is 14.5 Å². The number of hydrogen-bond donors (Lipinski definition) is 2. The molecule has 0 amide bonds. The van der Waals surface area contributed by atoms with Crippen LogP contribution in [0.1, 0.15) is 5.56 Å². The second-order valence-corrected chi connectivity index (χ2v) is 3.41. The molecule has 7 heteroatoms. The molecule has 0 spiro atoms. The zero-order valence-corrected chi connectivity index (χ0v) is 8.68. The second kappa shape index (κ2) is 4.20. The number of nitrogens with two attached hydrogens (primary N) is 1. The Hall–Kier alpha value is -2.44. The highest BCUT2D eigenvalue weighted by Crippen LogP contribution is 2.07. The quantitative estimate of drug-likeness (QED) is 0.748. The van der Waals surface area contributed by atoms with E-state index in [2.05, 4.69) is 4.98 Å². The molecule has 0 bridgehead atoms. The van der Waals surface area contributed by atoms with E-state index in [1.54, 1.807) is 12.1 Å². The van der Waals surface area contributed by atoms with Crippen molar-refractivity contribution in [3.05, 3.63) is 56.7 Å². The Morgan fingerprint density at radius 1 is 1.47 bits per heavy atom. The fraction of sp³-hybridized carbons (Fsp3) is 0.100. The van der Waals surface area contributed by atoms with Gasteiger partial charge in [-0.25, -0.2) is 9.78 Å². The second-order valence-electron chi connectivity index (χ2n) is 3.41. The van der Waals surface area contributed by atoms with Crippen molar-refractivity contribution in [3.63, 3.8) is 0 Å². The number of anilines is 1. The van der Waals surface area contributed by atoms with Crippen LogP contribution in [-0.4, -0.2) is 14.5 Å². The molecule has 0 aliphatic carbocycles. The number of hydrogen-bond acceptors (Lipinski definition) is 4. The molecule has 2 aromatic heterocycles. The molecule has 0 unspecified atom stereocenters. The topological polar surface area (TPSA) is 93.8 Å². The van der Waals surface area contributed by atoms with Crippen LogP contribution in [-0.2, 0) is 6.54 Å². The normalized spacial score (nSPS) is 10.4. The molecule has 0 radical (unpaired) electrons. The van der Waals surface area contributed by atoms with Gasteiger partial charge < -0.3 is 5.73 Å². The molecule has 0 aliphatic heterocycles. The van der Waals surface area contributed by atoms with Gasteiger partial charge in [0.2, 0.25) is 5.82 Å². The number of pyridine rings is 1. The molecule has 0 aromatic carbocycles. The maximum absolute atomic E-state index is 13.0. The van der Waals surface area contributed by atoms with Crippen molar-refractivity contribution in [2.45, 2.75) is 6.54 Å². The number of H-pyrrole nitrogens is 1. The highest BCUT2D eigenvalue weighted by molar-refractivity contribution is 5.38. The molecule has 2 rings (SSSR count). The number of aromatic nitrogens is 3. The Balaban J connectivity index is 2.44. The molecule has 0 fully saturated rings. The number of nitrogens with zero attached hydrogens (tertiary/aromatic N) is 2. The van der Waals surface area contributed by atoms with E-state index in [4.69, 9.17) is 5.73 Å². The van der Waals surface area contributed by atoms with Crippen LogP contribution in [0.5, 0.6) is 0 Å². The molecule has 0 saturated heterocycles. The standard InChI is InChI=1S/C10H9FN4O2/c11-7-5-15(10(17)14-9(7)16)4-6-2-1-3-13-8(6)12/h1-3,5H,4H2,(H2,12,13)(H,14,16,17). The van der Waals surface area contributed by atoms with Gasteiger partial charge in [-0.2, -0.15) is 4.39 Å². The van der Waals surface area contributed by atoms with Crippen molar-refractivity contribution >= 4 is 5.82 Å². The number of aromatic amines is 1. The minimum atomic E-state index is -1.04. The average molecular weight is 236 g/mol. The summed E-state index contributed by atoms with van der Waals surface area (Å²) < 4.78 is 14.0. The van der Waals surface area contributed by atoms with Gasteiger partial charge in [-0.15, -0.1) is 0 Å². The van der Waals surface area contributed by atoms with Gasteiger partial charge in [-0.1, -0.05) is 6.07 Å². The molecule has 2 aromatic rings. The Bertz CT molecular complexity index is 662. The van der Waals surface area contributed by atoms with Crippen LogP contribution in [0.25, 0.3) is 0 Å². The Labute approximate surface area is 94.6 Å². The molecule has 6 nitrogen and oxygen atoms in total. The van der Waals surface area contributed by atoms with E-state index < -0.39 is 17.1 Å². The van der Waals surface area contributed by atoms with Crippen molar-refractivity contribution in [1.29, 1.82) is 0 Å². The first-order valence-corrected chi connectivity index (χ1v) is 4.76. The maximum atomic E-state index is 13.0. The van der Waals surface area contributed by atoms with E-state index in [-0.39, 0.29) is 12.4 Å². The lowest BCUT2D eigenvalue weighted by Gasteiger charge is -2.06. The third-order valence-corrected chi connectivity index (χ3v) is 2.23. The summed E-state index contributed by atoms with van der Waals surface area (Å²) in [5.41, 5.74) is 4.43. The van der Waals surface area contributed by atoms with Gasteiger partial charge in [0.15, 0.2) is 0 Å². The van der Waals surface area contributed by atoms with Gasteiger partial charge >= 0.3 is 5.69 Å². The molecular weight excluding hydrogens is 227 g/mol. The van der Waals surface area contributed by atoms with E-state index in [1.165, 1.54) is 6.20 Å². The van der Waals surface area contributed by atoms with Crippen LogP contribution in [0.2, 0.25) is 0 Å². The summed E-state index contributed by atoms with van der Waals surface area (Å²) in [5, 5.41) is 0. The predicted molar refractivity (Wildman–Crippen MR) is 59.0 cm³/mol. The highest BCUT2D eigenvalue weighted by atomic mass is 19.1. The smallest absolute Gasteiger partial charge is 0.328 e. The average Bonchev–Trinajstić information content (AvgIpc) is 2.29. The Kier molecular flexibility index (Phi) is 2.73. The van der Waals surface area contributed by atoms with Gasteiger partial charge in [-0.3, -0.25) is 14.3 Å². The molecule has 0 atom stereocenters. The van der Waals surface area contributed by atoms with Crippen molar-refractivity contribution in [2.24, 2.45) is 0 Å². The fourth-order valence-corrected chi connectivity index (χ4v) is 1.37. The summed E-state index contributed by atoms with van der Waals surface area (Å²) in [6, 6.07) is 3.32. The largest absolute Gasteiger partial charge is 0.383 e. The van der Waals surface area contributed by atoms with Gasteiger partial charge in [0, 0.05) is 11.8 Å². The van der Waals surface area contributed by atoms with Gasteiger partial charge in [0.25, 0.3) is 5.56 Å². The highest BCUT2D eigenvalue weighted by Gasteiger charge is 2.06. The number of nitrogens with one attached hydrogen (secondary N) is 1. The summed E-state index contributed by atoms with van der Waals surface area (Å²) in [6.07, 6.45) is 2.35.